The monoisotopic (exact) mass is 292 g/mol. The van der Waals surface area contributed by atoms with Crippen molar-refractivity contribution in [2.45, 2.75) is 72.8 Å². The summed E-state index contributed by atoms with van der Waals surface area (Å²) >= 11 is 0. The van der Waals surface area contributed by atoms with Gasteiger partial charge < -0.3 is 10.2 Å². The van der Waals surface area contributed by atoms with E-state index in [1.807, 2.05) is 0 Å². The van der Waals surface area contributed by atoms with Gasteiger partial charge in [-0.1, -0.05) is 34.1 Å². The van der Waals surface area contributed by atoms with Crippen molar-refractivity contribution in [3.05, 3.63) is 11.9 Å². The van der Waals surface area contributed by atoms with E-state index in [4.69, 9.17) is 4.98 Å². The number of nitrogens with zero attached hydrogens (tertiary/aromatic N) is 3. The van der Waals surface area contributed by atoms with Gasteiger partial charge in [0.2, 0.25) is 0 Å². The summed E-state index contributed by atoms with van der Waals surface area (Å²) in [5, 5.41) is 3.40. The number of aromatic nitrogens is 2. The topological polar surface area (TPSA) is 41.0 Å². The Labute approximate surface area is 130 Å². The van der Waals surface area contributed by atoms with E-state index in [0.29, 0.717) is 6.04 Å². The normalized spacial score (nSPS) is 12.2. The molecule has 1 aromatic rings. The van der Waals surface area contributed by atoms with E-state index in [0.717, 1.165) is 49.8 Å². The average Bonchev–Trinajstić information content (AvgIpc) is 2.52. The van der Waals surface area contributed by atoms with Crippen LogP contribution in [0.1, 0.15) is 66.1 Å². The molecule has 0 saturated carbocycles. The van der Waals surface area contributed by atoms with E-state index < -0.39 is 0 Å². The standard InChI is InChI=1S/C17H32N4/c1-6-10-12-21(14(5)8-3)17-13-16(18-11-7-2)19-15(9-4)20-17/h13-14H,6-12H2,1-5H3,(H,18,19,20). The van der Waals surface area contributed by atoms with E-state index in [1.54, 1.807) is 0 Å². The highest BCUT2D eigenvalue weighted by atomic mass is 15.2. The lowest BCUT2D eigenvalue weighted by Crippen LogP contribution is -2.34. The third-order valence-corrected chi connectivity index (χ3v) is 3.80. The van der Waals surface area contributed by atoms with Gasteiger partial charge in [-0.15, -0.1) is 0 Å². The Hall–Kier alpha value is -1.32. The summed E-state index contributed by atoms with van der Waals surface area (Å²) in [6.45, 7) is 13.1. The minimum atomic E-state index is 0.509. The molecule has 21 heavy (non-hydrogen) atoms. The molecule has 0 fully saturated rings. The Morgan fingerprint density at radius 2 is 1.90 bits per heavy atom. The van der Waals surface area contributed by atoms with Gasteiger partial charge in [-0.3, -0.25) is 0 Å². The van der Waals surface area contributed by atoms with Crippen LogP contribution in [-0.4, -0.2) is 29.1 Å². The second-order valence-corrected chi connectivity index (χ2v) is 5.61. The van der Waals surface area contributed by atoms with Crippen molar-refractivity contribution >= 4 is 11.6 Å². The highest BCUT2D eigenvalue weighted by Gasteiger charge is 2.15. The molecule has 1 atom stereocenters. The van der Waals surface area contributed by atoms with Gasteiger partial charge in [-0.2, -0.15) is 0 Å². The van der Waals surface area contributed by atoms with Gasteiger partial charge in [0.1, 0.15) is 17.5 Å². The van der Waals surface area contributed by atoms with Crippen LogP contribution in [0.4, 0.5) is 11.6 Å². The second-order valence-electron chi connectivity index (χ2n) is 5.61. The van der Waals surface area contributed by atoms with Crippen LogP contribution < -0.4 is 10.2 Å². The summed E-state index contributed by atoms with van der Waals surface area (Å²) in [7, 11) is 0. The molecule has 0 bridgehead atoms. The van der Waals surface area contributed by atoms with Crippen molar-refractivity contribution in [3.63, 3.8) is 0 Å². The number of nitrogens with one attached hydrogen (secondary N) is 1. The molecule has 4 nitrogen and oxygen atoms in total. The summed E-state index contributed by atoms with van der Waals surface area (Å²) in [4.78, 5) is 11.8. The molecular formula is C17H32N4. The minimum Gasteiger partial charge on any atom is -0.370 e. The van der Waals surface area contributed by atoms with E-state index in [2.05, 4.69) is 55.9 Å². The first kappa shape index (κ1) is 17.7. The summed E-state index contributed by atoms with van der Waals surface area (Å²) in [6.07, 6.45) is 5.52. The Morgan fingerprint density at radius 1 is 1.14 bits per heavy atom. The van der Waals surface area contributed by atoms with E-state index in [9.17, 15) is 0 Å². The zero-order chi connectivity index (χ0) is 15.7. The lowest BCUT2D eigenvalue weighted by molar-refractivity contribution is 0.588. The molecular weight excluding hydrogens is 260 g/mol. The molecule has 0 aliphatic carbocycles. The van der Waals surface area contributed by atoms with Crippen LogP contribution in [0.3, 0.4) is 0 Å². The maximum atomic E-state index is 4.76. The van der Waals surface area contributed by atoms with Crippen LogP contribution in [0.2, 0.25) is 0 Å². The highest BCUT2D eigenvalue weighted by molar-refractivity contribution is 5.50. The summed E-state index contributed by atoms with van der Waals surface area (Å²) in [5.74, 6) is 2.96. The zero-order valence-corrected chi connectivity index (χ0v) is 14.4. The van der Waals surface area contributed by atoms with Crippen LogP contribution in [0.5, 0.6) is 0 Å². The molecule has 0 aliphatic heterocycles. The lowest BCUT2D eigenvalue weighted by atomic mass is 10.2. The molecule has 1 unspecified atom stereocenters. The second kappa shape index (κ2) is 9.59. The third kappa shape index (κ3) is 5.52. The first-order chi connectivity index (χ1) is 10.2. The van der Waals surface area contributed by atoms with Crippen molar-refractivity contribution < 1.29 is 0 Å². The fourth-order valence-electron chi connectivity index (χ4n) is 2.24. The Kier molecular flexibility index (Phi) is 8.09. The predicted molar refractivity (Wildman–Crippen MR) is 92.2 cm³/mol. The highest BCUT2D eigenvalue weighted by Crippen LogP contribution is 2.20. The first-order valence-electron chi connectivity index (χ1n) is 8.54. The quantitative estimate of drug-likeness (QED) is 0.699. The number of anilines is 2. The fourth-order valence-corrected chi connectivity index (χ4v) is 2.24. The van der Waals surface area contributed by atoms with Gasteiger partial charge in [0.25, 0.3) is 0 Å². The van der Waals surface area contributed by atoms with Gasteiger partial charge in [-0.05, 0) is 26.2 Å². The number of aryl methyl sites for hydroxylation is 1. The van der Waals surface area contributed by atoms with E-state index >= 15 is 0 Å². The van der Waals surface area contributed by atoms with Gasteiger partial charge in [0, 0.05) is 31.6 Å². The lowest BCUT2D eigenvalue weighted by Gasteiger charge is -2.30. The number of rotatable bonds is 10. The van der Waals surface area contributed by atoms with Crippen molar-refractivity contribution in [2.75, 3.05) is 23.3 Å². The Balaban J connectivity index is 3.03. The SMILES string of the molecule is CCCCN(c1cc(NCCC)nc(CC)n1)C(C)CC. The van der Waals surface area contributed by atoms with E-state index in [-0.39, 0.29) is 0 Å². The molecule has 4 heteroatoms. The molecule has 120 valence electrons. The van der Waals surface area contributed by atoms with Crippen molar-refractivity contribution in [1.82, 2.24) is 9.97 Å². The van der Waals surface area contributed by atoms with E-state index in [1.165, 1.54) is 12.8 Å². The molecule has 1 heterocycles. The Morgan fingerprint density at radius 3 is 2.48 bits per heavy atom. The van der Waals surface area contributed by atoms with Crippen molar-refractivity contribution in [1.29, 1.82) is 0 Å². The molecule has 1 N–H and O–H groups in total. The molecule has 1 aromatic heterocycles. The van der Waals surface area contributed by atoms with Gasteiger partial charge >= 0.3 is 0 Å². The molecule has 0 saturated heterocycles. The van der Waals surface area contributed by atoms with Gasteiger partial charge in [0.05, 0.1) is 0 Å². The van der Waals surface area contributed by atoms with Gasteiger partial charge in [0.15, 0.2) is 0 Å². The van der Waals surface area contributed by atoms with Crippen LogP contribution >= 0.6 is 0 Å². The number of hydrogen-bond donors (Lipinski definition) is 1. The predicted octanol–water partition coefficient (Wildman–Crippen LogP) is 4.27. The minimum absolute atomic E-state index is 0.509. The van der Waals surface area contributed by atoms with Crippen molar-refractivity contribution in [2.24, 2.45) is 0 Å². The first-order valence-corrected chi connectivity index (χ1v) is 8.54. The average molecular weight is 292 g/mol. The summed E-state index contributed by atoms with van der Waals surface area (Å²) in [6, 6.07) is 2.62. The molecule has 0 radical (unpaired) electrons. The summed E-state index contributed by atoms with van der Waals surface area (Å²) < 4.78 is 0. The zero-order valence-electron chi connectivity index (χ0n) is 14.4. The molecule has 0 amide bonds. The number of hydrogen-bond acceptors (Lipinski definition) is 4. The largest absolute Gasteiger partial charge is 0.370 e. The third-order valence-electron chi connectivity index (χ3n) is 3.80. The number of unbranched alkanes of at least 4 members (excludes halogenated alkanes) is 1. The Bertz CT molecular complexity index is 406. The fraction of sp³-hybridized carbons (Fsp3) is 0.765. The maximum Gasteiger partial charge on any atom is 0.134 e. The van der Waals surface area contributed by atoms with Crippen LogP contribution in [0, 0.1) is 0 Å². The smallest absolute Gasteiger partial charge is 0.134 e. The van der Waals surface area contributed by atoms with Gasteiger partial charge in [-0.25, -0.2) is 9.97 Å². The molecule has 1 rings (SSSR count). The van der Waals surface area contributed by atoms with Crippen LogP contribution in [0.15, 0.2) is 6.07 Å². The molecule has 0 aliphatic rings. The molecule has 0 spiro atoms. The maximum absolute atomic E-state index is 4.76. The van der Waals surface area contributed by atoms with Crippen molar-refractivity contribution in [3.8, 4) is 0 Å². The van der Waals surface area contributed by atoms with Crippen LogP contribution in [-0.2, 0) is 6.42 Å². The summed E-state index contributed by atoms with van der Waals surface area (Å²) in [5.41, 5.74) is 0. The van der Waals surface area contributed by atoms with Crippen LogP contribution in [0.25, 0.3) is 0 Å². The molecule has 0 aromatic carbocycles.